The lowest BCUT2D eigenvalue weighted by Gasteiger charge is -2.31. The Balaban J connectivity index is 2.12. The van der Waals surface area contributed by atoms with Crippen LogP contribution in [0.1, 0.15) is 88.0 Å². The number of hydrogen-bond donors (Lipinski definition) is 2. The summed E-state index contributed by atoms with van der Waals surface area (Å²) in [5.41, 5.74) is 2.25. The molecular formula is C22H33N5O2. The SMILES string of the molecule is CC(C)C1CC[C@@H](C)c2c(C(=O)NC(CO)C(C)(C)C)nn(-c3cnccn3)c21. The van der Waals surface area contributed by atoms with Crippen molar-refractivity contribution in [3.8, 4) is 5.82 Å². The molecule has 3 rings (SSSR count). The van der Waals surface area contributed by atoms with Crippen molar-refractivity contribution in [1.82, 2.24) is 25.1 Å². The van der Waals surface area contributed by atoms with Crippen molar-refractivity contribution in [3.63, 3.8) is 0 Å². The maximum Gasteiger partial charge on any atom is 0.272 e. The first-order valence-corrected chi connectivity index (χ1v) is 10.5. The molecule has 0 spiro atoms. The molecule has 2 N–H and O–H groups in total. The summed E-state index contributed by atoms with van der Waals surface area (Å²) in [7, 11) is 0. The maximum absolute atomic E-state index is 13.3. The second-order valence-electron chi connectivity index (χ2n) is 9.53. The van der Waals surface area contributed by atoms with Crippen LogP contribution in [0.5, 0.6) is 0 Å². The Bertz CT molecular complexity index is 854. The molecule has 0 saturated carbocycles. The van der Waals surface area contributed by atoms with Gasteiger partial charge in [0.1, 0.15) is 0 Å². The van der Waals surface area contributed by atoms with Gasteiger partial charge in [0.2, 0.25) is 0 Å². The molecule has 7 nitrogen and oxygen atoms in total. The third kappa shape index (κ3) is 4.20. The maximum atomic E-state index is 13.3. The molecule has 7 heteroatoms. The van der Waals surface area contributed by atoms with Crippen LogP contribution >= 0.6 is 0 Å². The molecule has 0 saturated heterocycles. The lowest BCUT2D eigenvalue weighted by atomic mass is 9.75. The van der Waals surface area contributed by atoms with Crippen LogP contribution in [-0.4, -0.2) is 43.4 Å². The molecule has 3 atom stereocenters. The average molecular weight is 400 g/mol. The first-order chi connectivity index (χ1) is 13.6. The number of amides is 1. The van der Waals surface area contributed by atoms with E-state index in [1.54, 1.807) is 18.6 Å². The van der Waals surface area contributed by atoms with E-state index in [9.17, 15) is 9.90 Å². The number of carbonyl (C=O) groups is 1. The van der Waals surface area contributed by atoms with Crippen molar-refractivity contribution >= 4 is 5.91 Å². The van der Waals surface area contributed by atoms with Gasteiger partial charge in [-0.2, -0.15) is 5.10 Å². The molecule has 1 aliphatic rings. The fourth-order valence-electron chi connectivity index (χ4n) is 4.15. The zero-order valence-electron chi connectivity index (χ0n) is 18.3. The Morgan fingerprint density at radius 3 is 2.59 bits per heavy atom. The van der Waals surface area contributed by atoms with Gasteiger partial charge in [0.15, 0.2) is 11.5 Å². The Morgan fingerprint density at radius 2 is 2.03 bits per heavy atom. The van der Waals surface area contributed by atoms with Crippen molar-refractivity contribution in [2.45, 2.75) is 72.3 Å². The highest BCUT2D eigenvalue weighted by Gasteiger charge is 2.37. The van der Waals surface area contributed by atoms with Gasteiger partial charge in [-0.15, -0.1) is 0 Å². The number of hydrogen-bond acceptors (Lipinski definition) is 5. The largest absolute Gasteiger partial charge is 0.394 e. The minimum atomic E-state index is -0.355. The fourth-order valence-corrected chi connectivity index (χ4v) is 4.15. The molecule has 0 aromatic carbocycles. The summed E-state index contributed by atoms with van der Waals surface area (Å²) < 4.78 is 1.81. The van der Waals surface area contributed by atoms with Gasteiger partial charge in [-0.3, -0.25) is 9.78 Å². The highest BCUT2D eigenvalue weighted by atomic mass is 16.3. The number of aromatic nitrogens is 4. The molecule has 2 aromatic rings. The van der Waals surface area contributed by atoms with Crippen LogP contribution in [0.3, 0.4) is 0 Å². The number of aliphatic hydroxyl groups excluding tert-OH is 1. The standard InChI is InChI=1S/C22H33N5O2/c1-13(2)15-8-7-14(3)18-19(21(29)25-16(12-28)22(4,5)6)26-27(20(15)18)17-11-23-9-10-24-17/h9-11,13-16,28H,7-8,12H2,1-6H3,(H,25,29)/t14-,15?,16?/m1/s1. The summed E-state index contributed by atoms with van der Waals surface area (Å²) in [6.07, 6.45) is 7.02. The van der Waals surface area contributed by atoms with Gasteiger partial charge in [-0.1, -0.05) is 41.5 Å². The smallest absolute Gasteiger partial charge is 0.272 e. The van der Waals surface area contributed by atoms with E-state index in [0.717, 1.165) is 24.1 Å². The van der Waals surface area contributed by atoms with Crippen LogP contribution in [0, 0.1) is 11.3 Å². The van der Waals surface area contributed by atoms with Crippen LogP contribution in [0.25, 0.3) is 5.82 Å². The molecule has 158 valence electrons. The number of nitrogens with zero attached hydrogens (tertiary/aromatic N) is 4. The van der Waals surface area contributed by atoms with E-state index in [1.165, 1.54) is 0 Å². The third-order valence-corrected chi connectivity index (χ3v) is 6.03. The number of nitrogens with one attached hydrogen (secondary N) is 1. The van der Waals surface area contributed by atoms with Crippen molar-refractivity contribution in [2.75, 3.05) is 6.61 Å². The highest BCUT2D eigenvalue weighted by molar-refractivity contribution is 5.94. The lowest BCUT2D eigenvalue weighted by molar-refractivity contribution is 0.0841. The van der Waals surface area contributed by atoms with E-state index >= 15 is 0 Å². The Kier molecular flexibility index (Phi) is 6.08. The summed E-state index contributed by atoms with van der Waals surface area (Å²) in [6, 6.07) is -0.355. The fraction of sp³-hybridized carbons (Fsp3) is 0.636. The summed E-state index contributed by atoms with van der Waals surface area (Å²) >= 11 is 0. The molecule has 0 aliphatic heterocycles. The minimum Gasteiger partial charge on any atom is -0.394 e. The molecule has 1 aliphatic carbocycles. The van der Waals surface area contributed by atoms with E-state index in [0.29, 0.717) is 23.3 Å². The average Bonchev–Trinajstić information content (AvgIpc) is 3.07. The van der Waals surface area contributed by atoms with Gasteiger partial charge in [-0.25, -0.2) is 9.67 Å². The zero-order valence-corrected chi connectivity index (χ0v) is 18.3. The van der Waals surface area contributed by atoms with Gasteiger partial charge >= 0.3 is 0 Å². The number of fused-ring (bicyclic) bond motifs is 1. The zero-order chi connectivity index (χ0) is 21.3. The first kappa shape index (κ1) is 21.4. The van der Waals surface area contributed by atoms with Crippen LogP contribution in [0.15, 0.2) is 18.6 Å². The van der Waals surface area contributed by atoms with Gasteiger partial charge in [0.05, 0.1) is 24.5 Å². The lowest BCUT2D eigenvalue weighted by Crippen LogP contribution is -2.46. The molecule has 1 amide bonds. The Hall–Kier alpha value is -2.28. The minimum absolute atomic E-state index is 0.119. The monoisotopic (exact) mass is 399 g/mol. The van der Waals surface area contributed by atoms with Gasteiger partial charge in [0.25, 0.3) is 5.91 Å². The topological polar surface area (TPSA) is 92.9 Å². The van der Waals surface area contributed by atoms with Crippen molar-refractivity contribution < 1.29 is 9.90 Å². The number of aliphatic hydroxyl groups is 1. The van der Waals surface area contributed by atoms with E-state index in [-0.39, 0.29) is 29.9 Å². The Morgan fingerprint density at radius 1 is 1.31 bits per heavy atom. The molecule has 0 radical (unpaired) electrons. The Labute approximate surface area is 173 Å². The molecule has 2 aromatic heterocycles. The van der Waals surface area contributed by atoms with Crippen molar-refractivity contribution in [3.05, 3.63) is 35.5 Å². The molecule has 2 heterocycles. The van der Waals surface area contributed by atoms with Crippen molar-refractivity contribution in [1.29, 1.82) is 0 Å². The van der Waals surface area contributed by atoms with Crippen LogP contribution in [0.2, 0.25) is 0 Å². The van der Waals surface area contributed by atoms with Crippen molar-refractivity contribution in [2.24, 2.45) is 11.3 Å². The molecule has 0 fully saturated rings. The summed E-state index contributed by atoms with van der Waals surface area (Å²) in [5, 5.41) is 17.5. The molecular weight excluding hydrogens is 366 g/mol. The molecule has 2 unspecified atom stereocenters. The second-order valence-corrected chi connectivity index (χ2v) is 9.53. The van der Waals surface area contributed by atoms with Gasteiger partial charge in [0, 0.05) is 23.9 Å². The van der Waals surface area contributed by atoms with Crippen LogP contribution in [0.4, 0.5) is 0 Å². The third-order valence-electron chi connectivity index (χ3n) is 6.03. The predicted octanol–water partition coefficient (Wildman–Crippen LogP) is 3.44. The van der Waals surface area contributed by atoms with Crippen LogP contribution in [-0.2, 0) is 0 Å². The van der Waals surface area contributed by atoms with E-state index in [4.69, 9.17) is 5.10 Å². The number of carbonyl (C=O) groups excluding carboxylic acids is 1. The van der Waals surface area contributed by atoms with Gasteiger partial charge < -0.3 is 10.4 Å². The highest BCUT2D eigenvalue weighted by Crippen LogP contribution is 2.44. The summed E-state index contributed by atoms with van der Waals surface area (Å²) in [5.74, 6) is 1.33. The summed E-state index contributed by atoms with van der Waals surface area (Å²) in [4.78, 5) is 21.9. The van der Waals surface area contributed by atoms with E-state index in [1.807, 2.05) is 25.5 Å². The van der Waals surface area contributed by atoms with Crippen LogP contribution < -0.4 is 5.32 Å². The predicted molar refractivity (Wildman–Crippen MR) is 112 cm³/mol. The summed E-state index contributed by atoms with van der Waals surface area (Å²) in [6.45, 7) is 12.4. The molecule has 0 bridgehead atoms. The molecule has 29 heavy (non-hydrogen) atoms. The quantitative estimate of drug-likeness (QED) is 0.803. The van der Waals surface area contributed by atoms with E-state index < -0.39 is 0 Å². The van der Waals surface area contributed by atoms with Gasteiger partial charge in [-0.05, 0) is 30.1 Å². The first-order valence-electron chi connectivity index (χ1n) is 10.5. The van der Waals surface area contributed by atoms with E-state index in [2.05, 4.69) is 36.1 Å². The second kappa shape index (κ2) is 8.22. The number of rotatable bonds is 5. The normalized spacial score (nSPS) is 20.4.